The minimum Gasteiger partial charge on any atom is -0.297 e. The fraction of sp³-hybridized carbons (Fsp3) is 0.0667. The van der Waals surface area contributed by atoms with Crippen LogP contribution in [0.3, 0.4) is 0 Å². The van der Waals surface area contributed by atoms with Crippen molar-refractivity contribution in [3.8, 4) is 11.3 Å². The summed E-state index contributed by atoms with van der Waals surface area (Å²) in [5, 5.41) is 0. The molecule has 0 saturated carbocycles. The number of aryl methyl sites for hydroxylation is 1. The van der Waals surface area contributed by atoms with Gasteiger partial charge in [0.1, 0.15) is 0 Å². The standard InChI is InChI=1S/C15H13N3/c1-3-12-5-4-6-13(9-12)14-10-17-15-11(2)16-7-8-18(14)15/h3-10H,1H2,2H3. The molecule has 0 aliphatic heterocycles. The average molecular weight is 235 g/mol. The first-order chi connectivity index (χ1) is 8.79. The summed E-state index contributed by atoms with van der Waals surface area (Å²) >= 11 is 0. The van der Waals surface area contributed by atoms with E-state index in [9.17, 15) is 0 Å². The Morgan fingerprint density at radius 2 is 2.17 bits per heavy atom. The van der Waals surface area contributed by atoms with Crippen LogP contribution in [0.2, 0.25) is 0 Å². The summed E-state index contributed by atoms with van der Waals surface area (Å²) in [5.74, 6) is 0. The van der Waals surface area contributed by atoms with E-state index in [2.05, 4.69) is 33.1 Å². The number of nitrogens with zero attached hydrogens (tertiary/aromatic N) is 3. The summed E-state index contributed by atoms with van der Waals surface area (Å²) in [7, 11) is 0. The van der Waals surface area contributed by atoms with E-state index in [1.54, 1.807) is 6.20 Å². The van der Waals surface area contributed by atoms with Gasteiger partial charge >= 0.3 is 0 Å². The van der Waals surface area contributed by atoms with Crippen molar-refractivity contribution >= 4 is 11.7 Å². The molecular formula is C15H13N3. The molecule has 3 nitrogen and oxygen atoms in total. The fourth-order valence-corrected chi connectivity index (χ4v) is 2.09. The Labute approximate surface area is 105 Å². The van der Waals surface area contributed by atoms with E-state index in [1.165, 1.54) is 0 Å². The molecule has 2 aromatic heterocycles. The molecule has 18 heavy (non-hydrogen) atoms. The Hall–Kier alpha value is -2.42. The van der Waals surface area contributed by atoms with Crippen molar-refractivity contribution < 1.29 is 0 Å². The summed E-state index contributed by atoms with van der Waals surface area (Å²) in [5.41, 5.74) is 5.14. The molecule has 0 spiro atoms. The van der Waals surface area contributed by atoms with Crippen molar-refractivity contribution in [2.45, 2.75) is 6.92 Å². The van der Waals surface area contributed by atoms with Gasteiger partial charge < -0.3 is 0 Å². The number of aromatic nitrogens is 3. The highest BCUT2D eigenvalue weighted by Gasteiger charge is 2.07. The number of rotatable bonds is 2. The van der Waals surface area contributed by atoms with Gasteiger partial charge in [-0.05, 0) is 18.6 Å². The Morgan fingerprint density at radius 3 is 3.00 bits per heavy atom. The monoisotopic (exact) mass is 235 g/mol. The molecule has 0 radical (unpaired) electrons. The van der Waals surface area contributed by atoms with Crippen molar-refractivity contribution in [3.05, 3.63) is 60.7 Å². The molecule has 0 bridgehead atoms. The van der Waals surface area contributed by atoms with Crippen LogP contribution in [0.1, 0.15) is 11.3 Å². The van der Waals surface area contributed by atoms with E-state index in [0.717, 1.165) is 28.2 Å². The highest BCUT2D eigenvalue weighted by Crippen LogP contribution is 2.22. The lowest BCUT2D eigenvalue weighted by atomic mass is 10.1. The van der Waals surface area contributed by atoms with Crippen LogP contribution < -0.4 is 0 Å². The third kappa shape index (κ3) is 1.61. The van der Waals surface area contributed by atoms with Crippen LogP contribution in [0.5, 0.6) is 0 Å². The number of hydrogen-bond donors (Lipinski definition) is 0. The molecule has 1 aromatic carbocycles. The molecule has 0 N–H and O–H groups in total. The van der Waals surface area contributed by atoms with Gasteiger partial charge in [0.15, 0.2) is 5.65 Å². The van der Waals surface area contributed by atoms with Crippen molar-refractivity contribution in [1.82, 2.24) is 14.4 Å². The molecule has 2 heterocycles. The largest absolute Gasteiger partial charge is 0.297 e. The Bertz CT molecular complexity index is 725. The highest BCUT2D eigenvalue weighted by atomic mass is 15.0. The molecule has 88 valence electrons. The first-order valence-corrected chi connectivity index (χ1v) is 5.81. The lowest BCUT2D eigenvalue weighted by molar-refractivity contribution is 1.08. The van der Waals surface area contributed by atoms with Gasteiger partial charge in [-0.2, -0.15) is 0 Å². The molecule has 0 atom stereocenters. The van der Waals surface area contributed by atoms with Gasteiger partial charge in [0.25, 0.3) is 0 Å². The van der Waals surface area contributed by atoms with Crippen LogP contribution in [-0.2, 0) is 0 Å². The Kier molecular flexibility index (Phi) is 2.45. The van der Waals surface area contributed by atoms with Gasteiger partial charge in [-0.15, -0.1) is 0 Å². The first-order valence-electron chi connectivity index (χ1n) is 5.81. The molecule has 0 amide bonds. The number of hydrogen-bond acceptors (Lipinski definition) is 2. The van der Waals surface area contributed by atoms with Crippen molar-refractivity contribution in [2.75, 3.05) is 0 Å². The first kappa shape index (κ1) is 10.7. The summed E-state index contributed by atoms with van der Waals surface area (Å²) < 4.78 is 2.06. The van der Waals surface area contributed by atoms with Crippen LogP contribution in [-0.4, -0.2) is 14.4 Å². The summed E-state index contributed by atoms with van der Waals surface area (Å²) in [6, 6.07) is 8.24. The Balaban J connectivity index is 2.25. The lowest BCUT2D eigenvalue weighted by Gasteiger charge is -2.03. The van der Waals surface area contributed by atoms with E-state index in [0.29, 0.717) is 0 Å². The molecular weight excluding hydrogens is 222 g/mol. The van der Waals surface area contributed by atoms with E-state index >= 15 is 0 Å². The summed E-state index contributed by atoms with van der Waals surface area (Å²) in [6.07, 6.45) is 7.46. The fourth-order valence-electron chi connectivity index (χ4n) is 2.09. The maximum Gasteiger partial charge on any atom is 0.158 e. The third-order valence-electron chi connectivity index (χ3n) is 3.02. The van der Waals surface area contributed by atoms with Gasteiger partial charge in [0.05, 0.1) is 17.6 Å². The van der Waals surface area contributed by atoms with Crippen LogP contribution in [0.25, 0.3) is 23.0 Å². The maximum absolute atomic E-state index is 4.42. The SMILES string of the molecule is C=Cc1cccc(-c2cnc3c(C)nccn23)c1. The maximum atomic E-state index is 4.42. The highest BCUT2D eigenvalue weighted by molar-refractivity contribution is 5.67. The van der Waals surface area contributed by atoms with Gasteiger partial charge in [0, 0.05) is 18.0 Å². The van der Waals surface area contributed by atoms with E-state index in [4.69, 9.17) is 0 Å². The zero-order valence-electron chi connectivity index (χ0n) is 10.2. The quantitative estimate of drug-likeness (QED) is 0.682. The number of fused-ring (bicyclic) bond motifs is 1. The van der Waals surface area contributed by atoms with Crippen LogP contribution >= 0.6 is 0 Å². The molecule has 0 unspecified atom stereocenters. The minimum atomic E-state index is 0.900. The van der Waals surface area contributed by atoms with Crippen molar-refractivity contribution in [1.29, 1.82) is 0 Å². The van der Waals surface area contributed by atoms with Crippen molar-refractivity contribution in [2.24, 2.45) is 0 Å². The average Bonchev–Trinajstić information content (AvgIpc) is 2.84. The van der Waals surface area contributed by atoms with E-state index in [1.807, 2.05) is 37.5 Å². The topological polar surface area (TPSA) is 30.2 Å². The zero-order chi connectivity index (χ0) is 12.5. The zero-order valence-corrected chi connectivity index (χ0v) is 10.2. The second-order valence-electron chi connectivity index (χ2n) is 4.18. The number of imidazole rings is 1. The third-order valence-corrected chi connectivity index (χ3v) is 3.02. The molecule has 0 fully saturated rings. The smallest absolute Gasteiger partial charge is 0.158 e. The second kappa shape index (κ2) is 4.11. The van der Waals surface area contributed by atoms with E-state index < -0.39 is 0 Å². The molecule has 3 heteroatoms. The lowest BCUT2D eigenvalue weighted by Crippen LogP contribution is -1.92. The predicted octanol–water partition coefficient (Wildman–Crippen LogP) is 3.35. The van der Waals surface area contributed by atoms with Gasteiger partial charge in [-0.1, -0.05) is 30.9 Å². The summed E-state index contributed by atoms with van der Waals surface area (Å²) in [4.78, 5) is 8.67. The molecule has 3 rings (SSSR count). The minimum absolute atomic E-state index is 0.900. The van der Waals surface area contributed by atoms with Gasteiger partial charge in [0.2, 0.25) is 0 Å². The van der Waals surface area contributed by atoms with Gasteiger partial charge in [-0.3, -0.25) is 9.38 Å². The second-order valence-corrected chi connectivity index (χ2v) is 4.18. The normalized spacial score (nSPS) is 10.7. The summed E-state index contributed by atoms with van der Waals surface area (Å²) in [6.45, 7) is 5.76. The van der Waals surface area contributed by atoms with Crippen LogP contribution in [0.4, 0.5) is 0 Å². The van der Waals surface area contributed by atoms with E-state index in [-0.39, 0.29) is 0 Å². The van der Waals surface area contributed by atoms with Crippen LogP contribution in [0, 0.1) is 6.92 Å². The molecule has 0 aliphatic carbocycles. The van der Waals surface area contributed by atoms with Crippen molar-refractivity contribution in [3.63, 3.8) is 0 Å². The molecule has 0 saturated heterocycles. The molecule has 0 aliphatic rings. The predicted molar refractivity (Wildman–Crippen MR) is 73.3 cm³/mol. The Morgan fingerprint density at radius 1 is 1.28 bits per heavy atom. The number of benzene rings is 1. The van der Waals surface area contributed by atoms with Crippen LogP contribution in [0.15, 0.2) is 49.4 Å². The van der Waals surface area contributed by atoms with Gasteiger partial charge in [-0.25, -0.2) is 4.98 Å². The molecule has 3 aromatic rings.